The lowest BCUT2D eigenvalue weighted by Crippen LogP contribution is -2.22. The van der Waals surface area contributed by atoms with Gasteiger partial charge in [-0.25, -0.2) is 9.59 Å². The van der Waals surface area contributed by atoms with E-state index in [-0.39, 0.29) is 37.1 Å². The molecule has 0 radical (unpaired) electrons. The smallest absolute Gasteiger partial charge is 0.343 e. The first-order valence-corrected chi connectivity index (χ1v) is 24.3. The second-order valence-electron chi connectivity index (χ2n) is 16.4. The van der Waals surface area contributed by atoms with Crippen molar-refractivity contribution in [3.8, 4) is 5.75 Å². The maximum Gasteiger partial charge on any atom is 0.343 e. The summed E-state index contributed by atoms with van der Waals surface area (Å²) in [7, 11) is 1.00. The molecule has 0 saturated carbocycles. The van der Waals surface area contributed by atoms with Gasteiger partial charge in [-0.15, -0.1) is 0 Å². The van der Waals surface area contributed by atoms with E-state index in [1.165, 1.54) is 12.8 Å². The summed E-state index contributed by atoms with van der Waals surface area (Å²) in [6.07, 6.45) is 31.5. The molecule has 1 N–H and O–H groups in total. The third-order valence-electron chi connectivity index (χ3n) is 10.9. The lowest BCUT2D eigenvalue weighted by molar-refractivity contribution is -0.163. The molecule has 2 saturated heterocycles. The molecule has 4 rings (SSSR count). The van der Waals surface area contributed by atoms with Crippen molar-refractivity contribution in [1.82, 2.24) is 0 Å². The van der Waals surface area contributed by atoms with Gasteiger partial charge < -0.3 is 47.7 Å². The molecule has 2 fully saturated rings. The van der Waals surface area contributed by atoms with Crippen molar-refractivity contribution in [2.24, 2.45) is 0 Å². The Bertz CT molecular complexity index is 1600. The molecule has 3 atom stereocenters. The van der Waals surface area contributed by atoms with Crippen molar-refractivity contribution in [1.29, 1.82) is 0 Å². The molecule has 1 aliphatic carbocycles. The number of hydrogen-bond acceptors (Lipinski definition) is 12. The first-order chi connectivity index (χ1) is 31.9. The van der Waals surface area contributed by atoms with Gasteiger partial charge in [0.2, 0.25) is 0 Å². The maximum atomic E-state index is 13.5. The molecular formula is C53H80O12. The molecule has 0 amide bonds. The van der Waals surface area contributed by atoms with Crippen molar-refractivity contribution >= 4 is 11.9 Å². The number of aliphatic hydroxyl groups excluding tert-OH is 1. The molecule has 364 valence electrons. The van der Waals surface area contributed by atoms with Crippen molar-refractivity contribution in [2.45, 2.75) is 155 Å². The number of carbonyl (C=O) groups is 2. The fourth-order valence-electron chi connectivity index (χ4n) is 7.09. The van der Waals surface area contributed by atoms with Gasteiger partial charge in [-0.3, -0.25) is 0 Å². The van der Waals surface area contributed by atoms with Crippen LogP contribution in [0.3, 0.4) is 0 Å². The van der Waals surface area contributed by atoms with Gasteiger partial charge in [-0.05, 0) is 145 Å². The first-order valence-electron chi connectivity index (χ1n) is 24.3. The van der Waals surface area contributed by atoms with Crippen molar-refractivity contribution < 1.29 is 57.3 Å². The third-order valence-corrected chi connectivity index (χ3v) is 10.9. The number of ether oxygens (including phenoxy) is 9. The van der Waals surface area contributed by atoms with Crippen molar-refractivity contribution in [2.75, 3.05) is 60.0 Å². The van der Waals surface area contributed by atoms with Crippen LogP contribution in [0, 0.1) is 0 Å². The summed E-state index contributed by atoms with van der Waals surface area (Å²) in [5, 5.41) is 7.00. The zero-order valence-corrected chi connectivity index (χ0v) is 39.8. The van der Waals surface area contributed by atoms with Gasteiger partial charge in [0.25, 0.3) is 0 Å². The van der Waals surface area contributed by atoms with Gasteiger partial charge in [0.15, 0.2) is 12.6 Å². The lowest BCUT2D eigenvalue weighted by Gasteiger charge is -2.22. The largest absolute Gasteiger partial charge is 0.494 e. The van der Waals surface area contributed by atoms with Crippen LogP contribution >= 0.6 is 0 Å². The molecule has 3 aliphatic rings. The van der Waals surface area contributed by atoms with Crippen LogP contribution in [-0.4, -0.2) is 95.7 Å². The average Bonchev–Trinajstić information content (AvgIpc) is 3.55. The fraction of sp³-hybridized carbons (Fsp3) is 0.623. The maximum absolute atomic E-state index is 13.5. The van der Waals surface area contributed by atoms with Crippen LogP contribution in [-0.2, 0) is 42.7 Å². The molecular weight excluding hydrogens is 829 g/mol. The Morgan fingerprint density at radius 3 is 1.88 bits per heavy atom. The van der Waals surface area contributed by atoms with Gasteiger partial charge in [-0.2, -0.15) is 0 Å². The topological polar surface area (TPSA) is 137 Å². The number of unbranched alkanes of at least 4 members (excludes halogenated alkanes) is 10. The van der Waals surface area contributed by atoms with Gasteiger partial charge >= 0.3 is 11.9 Å². The summed E-state index contributed by atoms with van der Waals surface area (Å²) < 4.78 is 52.5. The molecule has 3 unspecified atom stereocenters. The summed E-state index contributed by atoms with van der Waals surface area (Å²) >= 11 is 0. The predicted octanol–water partition coefficient (Wildman–Crippen LogP) is 11.3. The van der Waals surface area contributed by atoms with Crippen LogP contribution in [0.4, 0.5) is 0 Å². The van der Waals surface area contributed by atoms with Crippen LogP contribution in [0.15, 0.2) is 96.0 Å². The number of carbonyl (C=O) groups excluding carboxylic acids is 2. The quantitative estimate of drug-likeness (QED) is 0.0319. The average molecular weight is 909 g/mol. The summed E-state index contributed by atoms with van der Waals surface area (Å²) in [6.45, 7) is 12.8. The minimum Gasteiger partial charge on any atom is -0.494 e. The number of hydrogen-bond donors (Lipinski definition) is 1. The van der Waals surface area contributed by atoms with E-state index in [9.17, 15) is 9.59 Å². The number of allylic oxidation sites excluding steroid dienone is 5. The Hall–Kier alpha value is -4.04. The Labute approximate surface area is 390 Å². The molecule has 2 aliphatic heterocycles. The zero-order chi connectivity index (χ0) is 46.6. The summed E-state index contributed by atoms with van der Waals surface area (Å²) in [6, 6.07) is 6.84. The Kier molecular flexibility index (Phi) is 30.7. The number of benzene rings is 1. The van der Waals surface area contributed by atoms with Crippen LogP contribution in [0.2, 0.25) is 0 Å². The van der Waals surface area contributed by atoms with E-state index >= 15 is 0 Å². The van der Waals surface area contributed by atoms with Gasteiger partial charge in [0.05, 0.1) is 38.1 Å². The van der Waals surface area contributed by atoms with Crippen molar-refractivity contribution in [3.05, 3.63) is 102 Å². The predicted molar refractivity (Wildman–Crippen MR) is 254 cm³/mol. The van der Waals surface area contributed by atoms with Crippen LogP contribution in [0.5, 0.6) is 5.75 Å². The normalized spacial score (nSPS) is 18.9. The van der Waals surface area contributed by atoms with E-state index < -0.39 is 18.0 Å². The molecule has 65 heavy (non-hydrogen) atoms. The minimum absolute atomic E-state index is 0.0248. The lowest BCUT2D eigenvalue weighted by atomic mass is 10.1. The highest BCUT2D eigenvalue weighted by atomic mass is 16.7. The number of esters is 2. The Morgan fingerprint density at radius 1 is 0.708 bits per heavy atom. The monoisotopic (exact) mass is 909 g/mol. The van der Waals surface area contributed by atoms with E-state index in [4.69, 9.17) is 47.7 Å². The SMILES string of the molecule is C=C/C(=C\C=C(/C)COC1C=CC=C(OC(=O)c2ccc(OCCCCCCOC3CCCCO3)cc2)C(C(=O)OCCCCCCC)=C1)OCCCCCCOC1CCCCO1.CO. The molecule has 12 nitrogen and oxygen atoms in total. The standard InChI is InChI=1S/C52H76O11.CH4O/c1-4-6-7-8-19-39-61-52(54)47-40-46(62-41-42(3)27-30-44(5-2)55-33-15-9-11-17-35-57-49-25-13-20-37-59-49)23-22-24-48(47)63-51(53)43-28-31-45(32-29-43)56-34-16-10-12-18-36-58-50-26-14-21-38-60-50;1-2/h5,22-24,27-32,40,46,49-50H,2,4,6-21,25-26,33-39,41H2,1,3H3;2H,1H3/b42-27+,44-30+;. The molecule has 2 heterocycles. The zero-order valence-electron chi connectivity index (χ0n) is 39.8. The second-order valence-corrected chi connectivity index (χ2v) is 16.4. The van der Waals surface area contributed by atoms with E-state index in [0.29, 0.717) is 30.3 Å². The Balaban J connectivity index is 0.00000553. The minimum atomic E-state index is -0.597. The molecule has 0 bridgehead atoms. The van der Waals surface area contributed by atoms with E-state index in [1.54, 1.807) is 48.6 Å². The van der Waals surface area contributed by atoms with Crippen LogP contribution in [0.1, 0.15) is 146 Å². The van der Waals surface area contributed by atoms with Crippen LogP contribution < -0.4 is 4.74 Å². The summed E-state index contributed by atoms with van der Waals surface area (Å²) in [5.41, 5.74) is 1.41. The molecule has 0 aromatic heterocycles. The van der Waals surface area contributed by atoms with Gasteiger partial charge in [0, 0.05) is 33.5 Å². The Morgan fingerprint density at radius 2 is 1.29 bits per heavy atom. The van der Waals surface area contributed by atoms with Crippen molar-refractivity contribution in [3.63, 3.8) is 0 Å². The molecule has 0 spiro atoms. The first kappa shape index (κ1) is 55.3. The summed E-state index contributed by atoms with van der Waals surface area (Å²) in [4.78, 5) is 26.9. The fourth-order valence-corrected chi connectivity index (χ4v) is 7.09. The molecule has 1 aromatic rings. The van der Waals surface area contributed by atoms with E-state index in [0.717, 1.165) is 148 Å². The highest BCUT2D eigenvalue weighted by Gasteiger charge is 2.24. The summed E-state index contributed by atoms with van der Waals surface area (Å²) in [5.74, 6) is 0.293. The highest BCUT2D eigenvalue weighted by molar-refractivity contribution is 5.96. The molecule has 1 aromatic carbocycles. The van der Waals surface area contributed by atoms with E-state index in [1.807, 2.05) is 25.2 Å². The van der Waals surface area contributed by atoms with Gasteiger partial charge in [-0.1, -0.05) is 70.3 Å². The number of aliphatic hydroxyl groups is 1. The van der Waals surface area contributed by atoms with Gasteiger partial charge in [0.1, 0.15) is 22.8 Å². The third kappa shape index (κ3) is 24.9. The number of rotatable bonds is 32. The van der Waals surface area contributed by atoms with Crippen LogP contribution in [0.25, 0.3) is 0 Å². The van der Waals surface area contributed by atoms with E-state index in [2.05, 4.69) is 13.5 Å². The molecule has 12 heteroatoms. The highest BCUT2D eigenvalue weighted by Crippen LogP contribution is 2.23. The second kappa shape index (κ2) is 36.1.